The molecule has 3 aromatic heterocycles. The lowest BCUT2D eigenvalue weighted by Crippen LogP contribution is -2.27. The maximum Gasteiger partial charge on any atom is 0.269 e. The molecule has 5 aromatic rings. The van der Waals surface area contributed by atoms with Crippen molar-refractivity contribution in [3.8, 4) is 16.5 Å². The molecule has 0 radical (unpaired) electrons. The van der Waals surface area contributed by atoms with Gasteiger partial charge in [-0.05, 0) is 29.1 Å². The summed E-state index contributed by atoms with van der Waals surface area (Å²) in [6.07, 6.45) is 0. The SMILES string of the molecule is COc1ccc2c(=O)c3c(=O)n(Cc4ccccc4)c(-c4cccs4)nc3oc2c1. The van der Waals surface area contributed by atoms with E-state index < -0.39 is 11.0 Å². The van der Waals surface area contributed by atoms with Gasteiger partial charge >= 0.3 is 0 Å². The molecule has 0 fully saturated rings. The third kappa shape index (κ3) is 3.00. The minimum Gasteiger partial charge on any atom is -0.497 e. The predicted octanol–water partition coefficient (Wildman–Crippen LogP) is 4.29. The first-order valence-electron chi connectivity index (χ1n) is 9.29. The van der Waals surface area contributed by atoms with Crippen LogP contribution in [0.1, 0.15) is 5.56 Å². The van der Waals surface area contributed by atoms with Crippen LogP contribution in [0.4, 0.5) is 0 Å². The van der Waals surface area contributed by atoms with Crippen molar-refractivity contribution in [1.82, 2.24) is 9.55 Å². The Kier molecular flexibility index (Phi) is 4.44. The molecule has 30 heavy (non-hydrogen) atoms. The van der Waals surface area contributed by atoms with Crippen molar-refractivity contribution in [1.29, 1.82) is 0 Å². The van der Waals surface area contributed by atoms with Crippen molar-refractivity contribution in [2.75, 3.05) is 7.11 Å². The van der Waals surface area contributed by atoms with Gasteiger partial charge in [0.2, 0.25) is 11.1 Å². The molecule has 148 valence electrons. The highest BCUT2D eigenvalue weighted by Gasteiger charge is 2.19. The Morgan fingerprint density at radius 3 is 2.63 bits per heavy atom. The Balaban J connectivity index is 1.85. The fourth-order valence-electron chi connectivity index (χ4n) is 3.45. The van der Waals surface area contributed by atoms with Gasteiger partial charge in [0.25, 0.3) is 5.56 Å². The second-order valence-corrected chi connectivity index (χ2v) is 7.71. The normalized spacial score (nSPS) is 11.2. The third-order valence-electron chi connectivity index (χ3n) is 4.93. The highest BCUT2D eigenvalue weighted by molar-refractivity contribution is 7.13. The number of hydrogen-bond acceptors (Lipinski definition) is 6. The minimum absolute atomic E-state index is 0.0264. The number of fused-ring (bicyclic) bond motifs is 2. The van der Waals surface area contributed by atoms with Crippen LogP contribution in [-0.2, 0) is 6.54 Å². The highest BCUT2D eigenvalue weighted by atomic mass is 32.1. The van der Waals surface area contributed by atoms with Gasteiger partial charge in [-0.25, -0.2) is 0 Å². The number of benzene rings is 2. The summed E-state index contributed by atoms with van der Waals surface area (Å²) in [4.78, 5) is 32.1. The van der Waals surface area contributed by atoms with E-state index in [-0.39, 0.29) is 11.1 Å². The van der Waals surface area contributed by atoms with Gasteiger partial charge in [0.1, 0.15) is 11.3 Å². The quantitative estimate of drug-likeness (QED) is 0.409. The van der Waals surface area contributed by atoms with E-state index in [2.05, 4.69) is 4.98 Å². The van der Waals surface area contributed by atoms with Crippen molar-refractivity contribution in [2.45, 2.75) is 6.54 Å². The van der Waals surface area contributed by atoms with Crippen molar-refractivity contribution >= 4 is 33.4 Å². The summed E-state index contributed by atoms with van der Waals surface area (Å²) in [5, 5.41) is 2.18. The molecule has 0 saturated carbocycles. The van der Waals surface area contributed by atoms with E-state index in [1.807, 2.05) is 47.8 Å². The Labute approximate surface area is 174 Å². The van der Waals surface area contributed by atoms with Gasteiger partial charge in [-0.2, -0.15) is 4.98 Å². The predicted molar refractivity (Wildman–Crippen MR) is 117 cm³/mol. The van der Waals surface area contributed by atoms with Crippen LogP contribution in [0.25, 0.3) is 32.8 Å². The molecular weight excluding hydrogens is 400 g/mol. The second kappa shape index (κ2) is 7.27. The summed E-state index contributed by atoms with van der Waals surface area (Å²) in [5.41, 5.74) is 0.480. The molecule has 0 aliphatic heterocycles. The Hall–Kier alpha value is -3.71. The largest absolute Gasteiger partial charge is 0.497 e. The van der Waals surface area contributed by atoms with Gasteiger partial charge in [-0.3, -0.25) is 14.2 Å². The summed E-state index contributed by atoms with van der Waals surface area (Å²) in [6.45, 7) is 0.302. The fraction of sp³-hybridized carbons (Fsp3) is 0.0870. The van der Waals surface area contributed by atoms with E-state index in [0.29, 0.717) is 29.1 Å². The lowest BCUT2D eigenvalue weighted by molar-refractivity contribution is 0.414. The molecule has 0 spiro atoms. The molecule has 0 bridgehead atoms. The Bertz CT molecular complexity index is 1490. The molecule has 0 aliphatic rings. The second-order valence-electron chi connectivity index (χ2n) is 6.76. The van der Waals surface area contributed by atoms with Gasteiger partial charge in [-0.15, -0.1) is 11.3 Å². The third-order valence-corrected chi connectivity index (χ3v) is 5.79. The zero-order chi connectivity index (χ0) is 20.7. The number of thiophene rings is 1. The van der Waals surface area contributed by atoms with Crippen LogP contribution in [0.2, 0.25) is 0 Å². The van der Waals surface area contributed by atoms with Crippen LogP contribution >= 0.6 is 11.3 Å². The molecule has 3 heterocycles. The van der Waals surface area contributed by atoms with Crippen molar-refractivity contribution in [2.24, 2.45) is 0 Å². The van der Waals surface area contributed by atoms with Crippen LogP contribution in [0.15, 0.2) is 80.0 Å². The summed E-state index contributed by atoms with van der Waals surface area (Å²) in [7, 11) is 1.54. The lowest BCUT2D eigenvalue weighted by Gasteiger charge is -2.12. The first-order chi connectivity index (χ1) is 14.7. The van der Waals surface area contributed by atoms with Crippen molar-refractivity contribution in [3.05, 3.63) is 92.2 Å². The van der Waals surface area contributed by atoms with Crippen LogP contribution in [0.3, 0.4) is 0 Å². The summed E-state index contributed by atoms with van der Waals surface area (Å²) >= 11 is 1.47. The molecule has 0 saturated heterocycles. The van der Waals surface area contributed by atoms with Gasteiger partial charge in [0.15, 0.2) is 11.2 Å². The molecule has 0 atom stereocenters. The van der Waals surface area contributed by atoms with Crippen molar-refractivity contribution in [3.63, 3.8) is 0 Å². The molecule has 0 N–H and O–H groups in total. The Morgan fingerprint density at radius 2 is 1.90 bits per heavy atom. The van der Waals surface area contributed by atoms with Crippen LogP contribution in [-0.4, -0.2) is 16.7 Å². The monoisotopic (exact) mass is 416 g/mol. The van der Waals surface area contributed by atoms with E-state index in [1.165, 1.54) is 23.0 Å². The number of nitrogens with zero attached hydrogens (tertiary/aromatic N) is 2. The lowest BCUT2D eigenvalue weighted by atomic mass is 10.2. The molecule has 7 heteroatoms. The molecule has 2 aromatic carbocycles. The molecular formula is C23H16N2O4S. The summed E-state index contributed by atoms with van der Waals surface area (Å²) in [5.74, 6) is 1.03. The standard InChI is InChI=1S/C23H16N2O4S/c1-28-15-9-10-16-17(12-15)29-22-19(20(16)26)23(27)25(13-14-6-3-2-4-7-14)21(24-22)18-8-5-11-30-18/h2-12H,13H2,1H3. The van der Waals surface area contributed by atoms with Gasteiger partial charge in [0.05, 0.1) is 23.9 Å². The number of methoxy groups -OCH3 is 1. The number of aromatic nitrogens is 2. The number of hydrogen-bond donors (Lipinski definition) is 0. The van der Waals surface area contributed by atoms with E-state index in [0.717, 1.165) is 10.4 Å². The van der Waals surface area contributed by atoms with E-state index >= 15 is 0 Å². The maximum absolute atomic E-state index is 13.5. The zero-order valence-corrected chi connectivity index (χ0v) is 16.8. The van der Waals surface area contributed by atoms with Gasteiger partial charge < -0.3 is 9.15 Å². The Morgan fingerprint density at radius 1 is 1.07 bits per heavy atom. The van der Waals surface area contributed by atoms with E-state index in [4.69, 9.17) is 9.15 Å². The smallest absolute Gasteiger partial charge is 0.269 e. The van der Waals surface area contributed by atoms with Crippen LogP contribution in [0, 0.1) is 0 Å². The molecule has 5 rings (SSSR count). The fourth-order valence-corrected chi connectivity index (χ4v) is 4.17. The first kappa shape index (κ1) is 18.3. The topological polar surface area (TPSA) is 74.3 Å². The van der Waals surface area contributed by atoms with E-state index in [1.54, 1.807) is 18.2 Å². The van der Waals surface area contributed by atoms with Crippen LogP contribution < -0.4 is 15.7 Å². The molecule has 6 nitrogen and oxygen atoms in total. The summed E-state index contributed by atoms with van der Waals surface area (Å²) in [6, 6.07) is 18.3. The number of ether oxygens (including phenoxy) is 1. The van der Waals surface area contributed by atoms with Crippen molar-refractivity contribution < 1.29 is 9.15 Å². The minimum atomic E-state index is -0.418. The van der Waals surface area contributed by atoms with Crippen LogP contribution in [0.5, 0.6) is 5.75 Å². The number of rotatable bonds is 4. The van der Waals surface area contributed by atoms with Gasteiger partial charge in [0, 0.05) is 6.07 Å². The average molecular weight is 416 g/mol. The molecule has 0 amide bonds. The average Bonchev–Trinajstić information content (AvgIpc) is 3.30. The molecule has 0 aliphatic carbocycles. The molecule has 0 unspecified atom stereocenters. The van der Waals surface area contributed by atoms with Gasteiger partial charge in [-0.1, -0.05) is 36.4 Å². The maximum atomic E-state index is 13.5. The zero-order valence-electron chi connectivity index (χ0n) is 16.0. The van der Waals surface area contributed by atoms with E-state index in [9.17, 15) is 9.59 Å². The summed E-state index contributed by atoms with van der Waals surface area (Å²) < 4.78 is 12.7. The highest BCUT2D eigenvalue weighted by Crippen LogP contribution is 2.26. The first-order valence-corrected chi connectivity index (χ1v) is 10.2.